The van der Waals surface area contributed by atoms with Crippen molar-refractivity contribution in [2.24, 2.45) is 5.73 Å². The van der Waals surface area contributed by atoms with Gasteiger partial charge in [0.15, 0.2) is 11.3 Å². The van der Waals surface area contributed by atoms with E-state index in [4.69, 9.17) is 5.73 Å². The van der Waals surface area contributed by atoms with Crippen molar-refractivity contribution in [2.75, 3.05) is 5.32 Å². The number of nitrogens with one attached hydrogen (secondary N) is 1. The Morgan fingerprint density at radius 3 is 2.77 bits per heavy atom. The zero-order chi connectivity index (χ0) is 15.9. The van der Waals surface area contributed by atoms with E-state index in [1.54, 1.807) is 6.92 Å². The van der Waals surface area contributed by atoms with Crippen molar-refractivity contribution in [2.45, 2.75) is 50.9 Å². The van der Waals surface area contributed by atoms with Crippen molar-refractivity contribution in [3.05, 3.63) is 23.5 Å². The third kappa shape index (κ3) is 3.01. The smallest absolute Gasteiger partial charge is 0.367 e. The van der Waals surface area contributed by atoms with E-state index in [0.717, 1.165) is 31.7 Å². The van der Waals surface area contributed by atoms with Gasteiger partial charge in [0.1, 0.15) is 5.82 Å². The Hall–Kier alpha value is -1.83. The van der Waals surface area contributed by atoms with Crippen LogP contribution in [0.4, 0.5) is 19.0 Å². The van der Waals surface area contributed by atoms with Gasteiger partial charge in [0.25, 0.3) is 0 Å². The van der Waals surface area contributed by atoms with E-state index < -0.39 is 11.9 Å². The molecule has 0 aromatic carbocycles. The van der Waals surface area contributed by atoms with Crippen molar-refractivity contribution in [3.8, 4) is 0 Å². The van der Waals surface area contributed by atoms with Crippen LogP contribution >= 0.6 is 0 Å². The normalized spacial score (nSPS) is 23.0. The molecule has 1 saturated carbocycles. The highest BCUT2D eigenvalue weighted by Crippen LogP contribution is 2.31. The number of aromatic nitrogens is 3. The van der Waals surface area contributed by atoms with Gasteiger partial charge in [-0.2, -0.15) is 22.8 Å². The molecule has 1 aliphatic rings. The summed E-state index contributed by atoms with van der Waals surface area (Å²) in [6.45, 7) is 1.72. The first-order chi connectivity index (χ1) is 10.3. The Morgan fingerprint density at radius 2 is 2.09 bits per heavy atom. The van der Waals surface area contributed by atoms with Crippen molar-refractivity contribution >= 4 is 11.5 Å². The van der Waals surface area contributed by atoms with Gasteiger partial charge in [-0.3, -0.25) is 0 Å². The van der Waals surface area contributed by atoms with Crippen LogP contribution in [0.5, 0.6) is 0 Å². The second-order valence-corrected chi connectivity index (χ2v) is 5.85. The quantitative estimate of drug-likeness (QED) is 0.894. The van der Waals surface area contributed by atoms with Gasteiger partial charge in [0, 0.05) is 24.2 Å². The van der Waals surface area contributed by atoms with Gasteiger partial charge in [0.2, 0.25) is 0 Å². The van der Waals surface area contributed by atoms with E-state index >= 15 is 0 Å². The predicted molar refractivity (Wildman–Crippen MR) is 76.6 cm³/mol. The van der Waals surface area contributed by atoms with Crippen molar-refractivity contribution < 1.29 is 13.2 Å². The van der Waals surface area contributed by atoms with Crippen molar-refractivity contribution in [1.82, 2.24) is 14.6 Å². The minimum atomic E-state index is -4.49. The van der Waals surface area contributed by atoms with Crippen molar-refractivity contribution in [3.63, 3.8) is 0 Å². The highest BCUT2D eigenvalue weighted by atomic mass is 19.4. The summed E-state index contributed by atoms with van der Waals surface area (Å²) in [5, 5.41) is 7.37. The largest absolute Gasteiger partial charge is 0.433 e. The Kier molecular flexibility index (Phi) is 3.72. The maximum absolute atomic E-state index is 13.0. The van der Waals surface area contributed by atoms with Crippen molar-refractivity contribution in [1.29, 1.82) is 0 Å². The first-order valence-electron chi connectivity index (χ1n) is 7.29. The van der Waals surface area contributed by atoms with Gasteiger partial charge in [-0.05, 0) is 32.6 Å². The predicted octanol–water partition coefficient (Wildman–Crippen LogP) is 2.74. The summed E-state index contributed by atoms with van der Waals surface area (Å²) in [4.78, 5) is 3.65. The highest BCUT2D eigenvalue weighted by Gasteiger charge is 2.34. The molecule has 0 aliphatic heterocycles. The van der Waals surface area contributed by atoms with Crippen LogP contribution in [-0.2, 0) is 6.18 Å². The molecule has 2 aromatic heterocycles. The Balaban J connectivity index is 1.99. The lowest BCUT2D eigenvalue weighted by Crippen LogP contribution is -2.35. The topological polar surface area (TPSA) is 68.2 Å². The molecular weight excluding hydrogens is 295 g/mol. The molecule has 1 fully saturated rings. The summed E-state index contributed by atoms with van der Waals surface area (Å²) in [7, 11) is 0. The van der Waals surface area contributed by atoms with Crippen LogP contribution in [0.1, 0.15) is 37.1 Å². The molecule has 0 amide bonds. The van der Waals surface area contributed by atoms with E-state index in [1.165, 1.54) is 10.6 Å². The van der Waals surface area contributed by atoms with Gasteiger partial charge in [-0.25, -0.2) is 4.98 Å². The maximum atomic E-state index is 13.0. The van der Waals surface area contributed by atoms with Crippen LogP contribution in [0, 0.1) is 6.92 Å². The maximum Gasteiger partial charge on any atom is 0.433 e. The lowest BCUT2D eigenvalue weighted by molar-refractivity contribution is -0.141. The SMILES string of the molecule is Cc1cc2nc(C(F)(F)F)cc(NC3CCCC(N)C3)n2n1. The number of hydrogen-bond donors (Lipinski definition) is 2. The van der Waals surface area contributed by atoms with Crippen LogP contribution in [0.3, 0.4) is 0 Å². The summed E-state index contributed by atoms with van der Waals surface area (Å²) in [5.41, 5.74) is 5.84. The number of anilines is 1. The van der Waals surface area contributed by atoms with Gasteiger partial charge in [0.05, 0.1) is 5.69 Å². The molecule has 0 radical (unpaired) electrons. The lowest BCUT2D eigenvalue weighted by atomic mass is 9.92. The molecule has 120 valence electrons. The number of halogens is 3. The first kappa shape index (κ1) is 15.1. The summed E-state index contributed by atoms with van der Waals surface area (Å²) in [6.07, 6.45) is -0.931. The van der Waals surface area contributed by atoms with E-state index in [1.807, 2.05) is 0 Å². The molecule has 5 nitrogen and oxygen atoms in total. The molecule has 3 rings (SSSR count). The van der Waals surface area contributed by atoms with Gasteiger partial charge < -0.3 is 11.1 Å². The molecule has 3 N–H and O–H groups in total. The number of nitrogens with two attached hydrogens (primary N) is 1. The second-order valence-electron chi connectivity index (χ2n) is 5.85. The monoisotopic (exact) mass is 313 g/mol. The summed E-state index contributed by atoms with van der Waals surface area (Å²) in [6, 6.07) is 2.69. The molecule has 22 heavy (non-hydrogen) atoms. The summed E-state index contributed by atoms with van der Waals surface area (Å²) < 4.78 is 40.4. The summed E-state index contributed by atoms with van der Waals surface area (Å²) in [5.74, 6) is 0.310. The standard InChI is InChI=1S/C14H18F3N5/c1-8-5-12-20-11(14(15,16)17)7-13(22(12)21-8)19-10-4-2-3-9(18)6-10/h5,7,9-10,19H,2-4,6,18H2,1H3. The van der Waals surface area contributed by atoms with Crippen LogP contribution in [0.15, 0.2) is 12.1 Å². The zero-order valence-electron chi connectivity index (χ0n) is 12.2. The zero-order valence-corrected chi connectivity index (χ0v) is 12.2. The summed E-state index contributed by atoms with van der Waals surface area (Å²) >= 11 is 0. The molecule has 0 spiro atoms. The molecule has 0 saturated heterocycles. The minimum Gasteiger partial charge on any atom is -0.367 e. The molecular formula is C14H18F3N5. The Bertz CT molecular complexity index is 679. The lowest BCUT2D eigenvalue weighted by Gasteiger charge is -2.28. The highest BCUT2D eigenvalue weighted by molar-refractivity contribution is 5.51. The third-order valence-corrected chi connectivity index (χ3v) is 3.91. The molecule has 2 heterocycles. The average molecular weight is 313 g/mol. The Morgan fingerprint density at radius 1 is 1.32 bits per heavy atom. The molecule has 8 heteroatoms. The second kappa shape index (κ2) is 5.42. The van der Waals surface area contributed by atoms with E-state index in [9.17, 15) is 13.2 Å². The van der Waals surface area contributed by atoms with Crippen LogP contribution < -0.4 is 11.1 Å². The molecule has 2 atom stereocenters. The molecule has 2 unspecified atom stereocenters. The molecule has 1 aliphatic carbocycles. The number of rotatable bonds is 2. The average Bonchev–Trinajstić information content (AvgIpc) is 2.78. The van der Waals surface area contributed by atoms with Crippen LogP contribution in [-0.4, -0.2) is 26.7 Å². The first-order valence-corrected chi connectivity index (χ1v) is 7.29. The Labute approximate surface area is 125 Å². The fourth-order valence-electron chi connectivity index (χ4n) is 2.90. The number of aryl methyl sites for hydroxylation is 1. The van der Waals surface area contributed by atoms with Crippen LogP contribution in [0.2, 0.25) is 0 Å². The van der Waals surface area contributed by atoms with Gasteiger partial charge in [-0.15, -0.1) is 0 Å². The third-order valence-electron chi connectivity index (χ3n) is 3.91. The van der Waals surface area contributed by atoms with E-state index in [2.05, 4.69) is 15.4 Å². The number of alkyl halides is 3. The van der Waals surface area contributed by atoms with E-state index in [0.29, 0.717) is 11.5 Å². The van der Waals surface area contributed by atoms with Crippen LogP contribution in [0.25, 0.3) is 5.65 Å². The van der Waals surface area contributed by atoms with Gasteiger partial charge >= 0.3 is 6.18 Å². The molecule has 2 aromatic rings. The minimum absolute atomic E-state index is 0.0555. The fourth-order valence-corrected chi connectivity index (χ4v) is 2.90. The fraction of sp³-hybridized carbons (Fsp3) is 0.571. The molecule has 0 bridgehead atoms. The van der Waals surface area contributed by atoms with Gasteiger partial charge in [-0.1, -0.05) is 0 Å². The van der Waals surface area contributed by atoms with E-state index in [-0.39, 0.29) is 17.7 Å². The number of fused-ring (bicyclic) bond motifs is 1. The number of nitrogens with zero attached hydrogens (tertiary/aromatic N) is 3. The number of hydrogen-bond acceptors (Lipinski definition) is 4.